The van der Waals surface area contributed by atoms with Gasteiger partial charge in [0.25, 0.3) is 0 Å². The average Bonchev–Trinajstić information content (AvgIpc) is 2.25. The van der Waals surface area contributed by atoms with E-state index in [0.717, 1.165) is 4.38 Å². The molecule has 0 unspecified atom stereocenters. The van der Waals surface area contributed by atoms with Crippen molar-refractivity contribution in [3.8, 4) is 0 Å². The molecule has 0 aromatic rings. The second-order valence-corrected chi connectivity index (χ2v) is 5.18. The largest absolute Gasteiger partial charge is 0.464 e. The standard InChI is InChI=1S/C10H19NO3S2/c1-6-14-8(13)10(3,7(2)12)11-9(15-4)16-5/h7,12H,6H2,1-5H3/t7-,10-/m0/s1. The van der Waals surface area contributed by atoms with Crippen molar-refractivity contribution in [3.63, 3.8) is 0 Å². The SMILES string of the molecule is CCOC(=O)[C@@](C)(N=C(SC)SC)[C@H](C)O. The lowest BCUT2D eigenvalue weighted by molar-refractivity contribution is -0.152. The molecule has 0 spiro atoms. The van der Waals surface area contributed by atoms with Gasteiger partial charge in [-0.05, 0) is 33.3 Å². The Hall–Kier alpha value is -0.200. The summed E-state index contributed by atoms with van der Waals surface area (Å²) in [5.74, 6) is -0.495. The lowest BCUT2D eigenvalue weighted by Crippen LogP contribution is -2.45. The molecule has 0 aliphatic heterocycles. The molecule has 0 rings (SSSR count). The number of nitrogens with zero attached hydrogens (tertiary/aromatic N) is 1. The van der Waals surface area contributed by atoms with E-state index in [1.165, 1.54) is 23.5 Å². The highest BCUT2D eigenvalue weighted by molar-refractivity contribution is 8.38. The highest BCUT2D eigenvalue weighted by Gasteiger charge is 2.40. The summed E-state index contributed by atoms with van der Waals surface area (Å²) in [6.45, 7) is 5.14. The van der Waals surface area contributed by atoms with E-state index in [4.69, 9.17) is 4.74 Å². The molecular formula is C10H19NO3S2. The van der Waals surface area contributed by atoms with Gasteiger partial charge in [-0.2, -0.15) is 0 Å². The molecule has 0 saturated heterocycles. The van der Waals surface area contributed by atoms with Gasteiger partial charge >= 0.3 is 5.97 Å². The zero-order valence-corrected chi connectivity index (χ0v) is 11.9. The van der Waals surface area contributed by atoms with Crippen LogP contribution in [0.25, 0.3) is 0 Å². The molecule has 0 bridgehead atoms. The molecule has 0 saturated carbocycles. The fourth-order valence-corrected chi connectivity index (χ4v) is 2.18. The monoisotopic (exact) mass is 265 g/mol. The van der Waals surface area contributed by atoms with Crippen LogP contribution in [0.1, 0.15) is 20.8 Å². The van der Waals surface area contributed by atoms with Crippen LogP contribution in [-0.2, 0) is 9.53 Å². The number of hydrogen-bond donors (Lipinski definition) is 1. The van der Waals surface area contributed by atoms with Crippen LogP contribution in [0.3, 0.4) is 0 Å². The smallest absolute Gasteiger partial charge is 0.336 e. The minimum atomic E-state index is -1.22. The van der Waals surface area contributed by atoms with Crippen molar-refractivity contribution in [1.82, 2.24) is 0 Å². The van der Waals surface area contributed by atoms with Crippen molar-refractivity contribution in [2.45, 2.75) is 32.4 Å². The summed E-state index contributed by atoms with van der Waals surface area (Å²) in [6, 6.07) is 0. The van der Waals surface area contributed by atoms with Gasteiger partial charge in [0.05, 0.1) is 12.7 Å². The highest BCUT2D eigenvalue weighted by Crippen LogP contribution is 2.23. The maximum atomic E-state index is 11.8. The molecule has 0 amide bonds. The Kier molecular flexibility index (Phi) is 7.10. The first-order chi connectivity index (χ1) is 7.42. The number of ether oxygens (including phenoxy) is 1. The maximum absolute atomic E-state index is 11.8. The Morgan fingerprint density at radius 1 is 1.50 bits per heavy atom. The number of hydrogen-bond acceptors (Lipinski definition) is 6. The van der Waals surface area contributed by atoms with Crippen LogP contribution >= 0.6 is 23.5 Å². The van der Waals surface area contributed by atoms with E-state index in [0.29, 0.717) is 0 Å². The average molecular weight is 265 g/mol. The molecule has 0 aromatic heterocycles. The van der Waals surface area contributed by atoms with Crippen LogP contribution in [-0.4, -0.2) is 46.2 Å². The lowest BCUT2D eigenvalue weighted by Gasteiger charge is -2.26. The molecule has 0 aliphatic rings. The first kappa shape index (κ1) is 15.8. The fourth-order valence-electron chi connectivity index (χ4n) is 0.951. The van der Waals surface area contributed by atoms with Gasteiger partial charge in [-0.15, -0.1) is 23.5 Å². The molecule has 6 heteroatoms. The third-order valence-corrected chi connectivity index (χ3v) is 4.06. The number of aliphatic hydroxyl groups excluding tert-OH is 1. The van der Waals surface area contributed by atoms with Gasteiger partial charge in [0, 0.05) is 0 Å². The zero-order valence-electron chi connectivity index (χ0n) is 10.3. The molecule has 16 heavy (non-hydrogen) atoms. The third-order valence-electron chi connectivity index (χ3n) is 2.17. The first-order valence-corrected chi connectivity index (χ1v) is 7.40. The molecule has 0 aliphatic carbocycles. The van der Waals surface area contributed by atoms with Crippen LogP contribution in [0, 0.1) is 0 Å². The lowest BCUT2D eigenvalue weighted by atomic mass is 9.97. The van der Waals surface area contributed by atoms with Crippen molar-refractivity contribution in [1.29, 1.82) is 0 Å². The zero-order chi connectivity index (χ0) is 12.8. The summed E-state index contributed by atoms with van der Waals surface area (Å²) in [5.41, 5.74) is -1.22. The summed E-state index contributed by atoms with van der Waals surface area (Å²) < 4.78 is 5.68. The van der Waals surface area contributed by atoms with Crippen molar-refractivity contribution in [3.05, 3.63) is 0 Å². The summed E-state index contributed by atoms with van der Waals surface area (Å²) in [7, 11) is 0. The number of aliphatic hydroxyl groups is 1. The van der Waals surface area contributed by atoms with E-state index >= 15 is 0 Å². The van der Waals surface area contributed by atoms with Crippen molar-refractivity contribution in [2.24, 2.45) is 4.99 Å². The molecular weight excluding hydrogens is 246 g/mol. The predicted molar refractivity (Wildman–Crippen MR) is 71.2 cm³/mol. The Morgan fingerprint density at radius 3 is 2.31 bits per heavy atom. The second kappa shape index (κ2) is 7.19. The van der Waals surface area contributed by atoms with E-state index in [9.17, 15) is 9.90 Å². The molecule has 0 heterocycles. The van der Waals surface area contributed by atoms with Crippen LogP contribution < -0.4 is 0 Å². The van der Waals surface area contributed by atoms with E-state index in [2.05, 4.69) is 4.99 Å². The van der Waals surface area contributed by atoms with Crippen molar-refractivity contribution in [2.75, 3.05) is 19.1 Å². The normalized spacial score (nSPS) is 16.1. The number of carbonyl (C=O) groups is 1. The summed E-state index contributed by atoms with van der Waals surface area (Å²) in [4.78, 5) is 16.0. The number of thioether (sulfide) groups is 2. The van der Waals surface area contributed by atoms with Gasteiger partial charge in [0.1, 0.15) is 4.38 Å². The van der Waals surface area contributed by atoms with Crippen LogP contribution in [0.15, 0.2) is 4.99 Å². The van der Waals surface area contributed by atoms with Crippen molar-refractivity contribution >= 4 is 33.9 Å². The van der Waals surface area contributed by atoms with Gasteiger partial charge in [-0.3, -0.25) is 4.99 Å². The molecule has 0 fully saturated rings. The van der Waals surface area contributed by atoms with Crippen LogP contribution in [0.2, 0.25) is 0 Å². The molecule has 0 radical (unpaired) electrons. The molecule has 4 nitrogen and oxygen atoms in total. The Bertz CT molecular complexity index is 263. The van der Waals surface area contributed by atoms with Crippen molar-refractivity contribution < 1.29 is 14.6 Å². The molecule has 1 N–H and O–H groups in total. The Balaban J connectivity index is 5.10. The number of aliphatic imine (C=N–C) groups is 1. The van der Waals surface area contributed by atoms with E-state index in [1.54, 1.807) is 20.8 Å². The first-order valence-electron chi connectivity index (χ1n) is 4.95. The van der Waals surface area contributed by atoms with Gasteiger partial charge in [0.15, 0.2) is 5.54 Å². The van der Waals surface area contributed by atoms with E-state index < -0.39 is 17.6 Å². The Labute approximate surface area is 105 Å². The summed E-state index contributed by atoms with van der Waals surface area (Å²) in [6.07, 6.45) is 2.87. The van der Waals surface area contributed by atoms with Gasteiger partial charge in [-0.25, -0.2) is 4.79 Å². The minimum Gasteiger partial charge on any atom is -0.464 e. The van der Waals surface area contributed by atoms with Gasteiger partial charge in [-0.1, -0.05) is 0 Å². The third kappa shape index (κ3) is 3.99. The Morgan fingerprint density at radius 2 is 2.00 bits per heavy atom. The molecule has 94 valence electrons. The topological polar surface area (TPSA) is 58.9 Å². The fraction of sp³-hybridized carbons (Fsp3) is 0.800. The van der Waals surface area contributed by atoms with Gasteiger partial charge in [0.2, 0.25) is 0 Å². The summed E-state index contributed by atoms with van der Waals surface area (Å²) in [5, 5.41) is 9.68. The highest BCUT2D eigenvalue weighted by atomic mass is 32.2. The molecule has 2 atom stereocenters. The number of carbonyl (C=O) groups excluding carboxylic acids is 1. The van der Waals surface area contributed by atoms with E-state index in [1.807, 2.05) is 12.5 Å². The number of esters is 1. The quantitative estimate of drug-likeness (QED) is 0.477. The predicted octanol–water partition coefficient (Wildman–Crippen LogP) is 1.77. The van der Waals surface area contributed by atoms with Crippen LogP contribution in [0.4, 0.5) is 0 Å². The van der Waals surface area contributed by atoms with E-state index in [-0.39, 0.29) is 6.61 Å². The van der Waals surface area contributed by atoms with Crippen LogP contribution in [0.5, 0.6) is 0 Å². The second-order valence-electron chi connectivity index (χ2n) is 3.33. The maximum Gasteiger partial charge on any atom is 0.336 e. The summed E-state index contributed by atoms with van der Waals surface area (Å²) >= 11 is 2.89. The molecule has 0 aromatic carbocycles. The number of rotatable bonds is 4. The minimum absolute atomic E-state index is 0.282. The van der Waals surface area contributed by atoms with Gasteiger partial charge < -0.3 is 9.84 Å².